The maximum absolute atomic E-state index is 2.43. The lowest BCUT2D eigenvalue weighted by atomic mass is 10.1. The first-order chi connectivity index (χ1) is 5.16. The molecule has 0 saturated heterocycles. The Bertz CT molecular complexity index is 105. The van der Waals surface area contributed by atoms with Gasteiger partial charge in [0.05, 0.1) is 0 Å². The van der Waals surface area contributed by atoms with Gasteiger partial charge in [-0.15, -0.1) is 0 Å². The SMILES string of the molecule is CC=CCC(C)CC[SiH](C)C. The van der Waals surface area contributed by atoms with Crippen LogP contribution in [0, 0.1) is 5.92 Å². The molecule has 0 heterocycles. The van der Waals surface area contributed by atoms with Crippen LogP contribution in [0.1, 0.15) is 26.7 Å². The molecule has 66 valence electrons. The summed E-state index contributed by atoms with van der Waals surface area (Å²) in [5.41, 5.74) is 0. The summed E-state index contributed by atoms with van der Waals surface area (Å²) in [5, 5.41) is 0. The Kier molecular flexibility index (Phi) is 6.63. The molecule has 0 rings (SSSR count). The lowest BCUT2D eigenvalue weighted by Gasteiger charge is -2.09. The van der Waals surface area contributed by atoms with Gasteiger partial charge in [0.2, 0.25) is 0 Å². The monoisotopic (exact) mass is 170 g/mol. The molecule has 1 atom stereocenters. The standard InChI is InChI=1S/C10H22Si/c1-5-6-7-10(2)8-9-11(3)4/h5-6,10-11H,7-9H2,1-4H3. The predicted molar refractivity (Wildman–Crippen MR) is 56.9 cm³/mol. The topological polar surface area (TPSA) is 0 Å². The van der Waals surface area contributed by atoms with E-state index in [2.05, 4.69) is 39.1 Å². The van der Waals surface area contributed by atoms with Crippen molar-refractivity contribution in [2.75, 3.05) is 0 Å². The van der Waals surface area contributed by atoms with E-state index in [1.807, 2.05) is 0 Å². The maximum atomic E-state index is 2.43. The van der Waals surface area contributed by atoms with Crippen molar-refractivity contribution in [2.24, 2.45) is 5.92 Å². The van der Waals surface area contributed by atoms with Gasteiger partial charge in [0.1, 0.15) is 0 Å². The molecule has 1 heteroatoms. The quantitative estimate of drug-likeness (QED) is 0.438. The van der Waals surface area contributed by atoms with E-state index in [4.69, 9.17) is 0 Å². The zero-order chi connectivity index (χ0) is 8.69. The van der Waals surface area contributed by atoms with Crippen molar-refractivity contribution in [2.45, 2.75) is 45.8 Å². The van der Waals surface area contributed by atoms with Crippen molar-refractivity contribution in [1.29, 1.82) is 0 Å². The van der Waals surface area contributed by atoms with E-state index >= 15 is 0 Å². The van der Waals surface area contributed by atoms with Crippen LogP contribution in [0.4, 0.5) is 0 Å². The van der Waals surface area contributed by atoms with Crippen LogP contribution in [0.3, 0.4) is 0 Å². The molecule has 0 aliphatic heterocycles. The number of allylic oxidation sites excluding steroid dienone is 2. The molecule has 0 N–H and O–H groups in total. The van der Waals surface area contributed by atoms with Crippen LogP contribution in [-0.2, 0) is 0 Å². The fourth-order valence-electron chi connectivity index (χ4n) is 1.10. The van der Waals surface area contributed by atoms with Gasteiger partial charge < -0.3 is 0 Å². The zero-order valence-corrected chi connectivity index (χ0v) is 9.59. The average Bonchev–Trinajstić information content (AvgIpc) is 1.97. The molecular weight excluding hydrogens is 148 g/mol. The average molecular weight is 170 g/mol. The van der Waals surface area contributed by atoms with Crippen LogP contribution in [0.15, 0.2) is 12.2 Å². The van der Waals surface area contributed by atoms with E-state index in [9.17, 15) is 0 Å². The highest BCUT2D eigenvalue weighted by atomic mass is 28.3. The summed E-state index contributed by atoms with van der Waals surface area (Å²) in [6.45, 7) is 9.32. The summed E-state index contributed by atoms with van der Waals surface area (Å²) in [6.07, 6.45) is 7.15. The zero-order valence-electron chi connectivity index (χ0n) is 8.43. The normalized spacial score (nSPS) is 14.6. The molecule has 0 bridgehead atoms. The summed E-state index contributed by atoms with van der Waals surface area (Å²) < 4.78 is 0. The maximum Gasteiger partial charge on any atom is 0.0305 e. The van der Waals surface area contributed by atoms with Gasteiger partial charge in [-0.2, -0.15) is 0 Å². The molecule has 0 amide bonds. The van der Waals surface area contributed by atoms with Gasteiger partial charge in [0.15, 0.2) is 0 Å². The van der Waals surface area contributed by atoms with Crippen molar-refractivity contribution in [3.8, 4) is 0 Å². The number of hydrogen-bond donors (Lipinski definition) is 0. The van der Waals surface area contributed by atoms with Crippen LogP contribution < -0.4 is 0 Å². The van der Waals surface area contributed by atoms with Crippen molar-refractivity contribution in [3.63, 3.8) is 0 Å². The highest BCUT2D eigenvalue weighted by Crippen LogP contribution is 2.12. The van der Waals surface area contributed by atoms with Gasteiger partial charge in [-0.25, -0.2) is 0 Å². The molecule has 1 unspecified atom stereocenters. The largest absolute Gasteiger partial charge is 0.0917 e. The highest BCUT2D eigenvalue weighted by Gasteiger charge is 2.01. The Morgan fingerprint density at radius 2 is 2.00 bits per heavy atom. The van der Waals surface area contributed by atoms with Gasteiger partial charge in [0, 0.05) is 8.80 Å². The molecule has 0 nitrogen and oxygen atoms in total. The Hall–Kier alpha value is -0.0431. The summed E-state index contributed by atoms with van der Waals surface area (Å²) >= 11 is 0. The second kappa shape index (κ2) is 6.65. The molecule has 0 spiro atoms. The van der Waals surface area contributed by atoms with E-state index in [0.717, 1.165) is 5.92 Å². The molecule has 0 saturated carbocycles. The lowest BCUT2D eigenvalue weighted by molar-refractivity contribution is 0.569. The third-order valence-corrected chi connectivity index (χ3v) is 3.50. The molecule has 0 aliphatic carbocycles. The van der Waals surface area contributed by atoms with Crippen LogP contribution >= 0.6 is 0 Å². The van der Waals surface area contributed by atoms with E-state index in [1.165, 1.54) is 18.9 Å². The first-order valence-electron chi connectivity index (χ1n) is 4.78. The first kappa shape index (κ1) is 11.0. The van der Waals surface area contributed by atoms with Gasteiger partial charge in [-0.1, -0.05) is 44.6 Å². The smallest absolute Gasteiger partial charge is 0.0305 e. The van der Waals surface area contributed by atoms with Gasteiger partial charge in [-0.05, 0) is 19.3 Å². The molecule has 11 heavy (non-hydrogen) atoms. The Morgan fingerprint density at radius 1 is 1.36 bits per heavy atom. The molecule has 0 aromatic carbocycles. The lowest BCUT2D eigenvalue weighted by Crippen LogP contribution is -2.02. The molecule has 0 radical (unpaired) electrons. The first-order valence-corrected chi connectivity index (χ1v) is 7.90. The van der Waals surface area contributed by atoms with Gasteiger partial charge >= 0.3 is 0 Å². The summed E-state index contributed by atoms with van der Waals surface area (Å²) in [5.74, 6) is 0.904. The van der Waals surface area contributed by atoms with Crippen molar-refractivity contribution in [1.82, 2.24) is 0 Å². The second-order valence-electron chi connectivity index (χ2n) is 3.88. The third kappa shape index (κ3) is 7.86. The minimum Gasteiger partial charge on any atom is -0.0917 e. The Balaban J connectivity index is 3.29. The second-order valence-corrected chi connectivity index (χ2v) is 7.25. The molecule has 0 aliphatic rings. The molecular formula is C10H22Si. The van der Waals surface area contributed by atoms with E-state index in [-0.39, 0.29) is 8.80 Å². The van der Waals surface area contributed by atoms with Crippen LogP contribution in [0.2, 0.25) is 19.1 Å². The van der Waals surface area contributed by atoms with Crippen molar-refractivity contribution < 1.29 is 0 Å². The number of hydrogen-bond acceptors (Lipinski definition) is 0. The Labute approximate surface area is 73.3 Å². The molecule has 0 aromatic rings. The van der Waals surface area contributed by atoms with Gasteiger partial charge in [0.25, 0.3) is 0 Å². The van der Waals surface area contributed by atoms with E-state index < -0.39 is 0 Å². The predicted octanol–water partition coefficient (Wildman–Crippen LogP) is 3.47. The Morgan fingerprint density at radius 3 is 2.45 bits per heavy atom. The number of rotatable bonds is 5. The molecule has 0 aromatic heterocycles. The summed E-state index contributed by atoms with van der Waals surface area (Å²) in [4.78, 5) is 0. The van der Waals surface area contributed by atoms with E-state index in [0.29, 0.717) is 0 Å². The van der Waals surface area contributed by atoms with E-state index in [1.54, 1.807) is 0 Å². The third-order valence-electron chi connectivity index (χ3n) is 2.01. The van der Waals surface area contributed by atoms with Crippen LogP contribution in [-0.4, -0.2) is 8.80 Å². The van der Waals surface area contributed by atoms with Crippen molar-refractivity contribution in [3.05, 3.63) is 12.2 Å². The van der Waals surface area contributed by atoms with Gasteiger partial charge in [-0.3, -0.25) is 0 Å². The minimum absolute atomic E-state index is 0.285. The summed E-state index contributed by atoms with van der Waals surface area (Å²) in [6, 6.07) is 1.51. The van der Waals surface area contributed by atoms with Crippen molar-refractivity contribution >= 4 is 8.80 Å². The van der Waals surface area contributed by atoms with Crippen LogP contribution in [0.25, 0.3) is 0 Å². The minimum atomic E-state index is -0.285. The summed E-state index contributed by atoms with van der Waals surface area (Å²) in [7, 11) is -0.285. The molecule has 0 fully saturated rings. The fourth-order valence-corrected chi connectivity index (χ4v) is 2.34. The fraction of sp³-hybridized carbons (Fsp3) is 0.800. The highest BCUT2D eigenvalue weighted by molar-refractivity contribution is 6.55. The van der Waals surface area contributed by atoms with Crippen LogP contribution in [0.5, 0.6) is 0 Å².